The maximum Gasteiger partial charge on any atom is 0.178 e. The fourth-order valence-corrected chi connectivity index (χ4v) is 3.64. The third-order valence-corrected chi connectivity index (χ3v) is 5.10. The van der Waals surface area contributed by atoms with Crippen molar-refractivity contribution in [2.75, 3.05) is 38.3 Å². The van der Waals surface area contributed by atoms with E-state index in [9.17, 15) is 0 Å². The van der Waals surface area contributed by atoms with Crippen LogP contribution in [0.15, 0.2) is 42.5 Å². The highest BCUT2D eigenvalue weighted by Crippen LogP contribution is 2.24. The smallest absolute Gasteiger partial charge is 0.178 e. The number of hydrogen-bond donors (Lipinski definition) is 0. The van der Waals surface area contributed by atoms with E-state index in [2.05, 4.69) is 58.2 Å². The Hall–Kier alpha value is -2.51. The molecule has 1 atom stereocenters. The molecule has 0 saturated carbocycles. The number of fused-ring (bicyclic) bond motifs is 1. The Morgan fingerprint density at radius 2 is 1.85 bits per heavy atom. The zero-order valence-corrected chi connectivity index (χ0v) is 16.0. The normalized spacial score (nSPS) is 16.5. The summed E-state index contributed by atoms with van der Waals surface area (Å²) in [6.07, 6.45) is 0.965. The maximum absolute atomic E-state index is 5.50. The van der Waals surface area contributed by atoms with Crippen LogP contribution in [0.5, 0.6) is 0 Å². The topological polar surface area (TPSA) is 58.8 Å². The van der Waals surface area contributed by atoms with Crippen LogP contribution in [0.1, 0.15) is 30.8 Å². The highest BCUT2D eigenvalue weighted by molar-refractivity contribution is 5.46. The van der Waals surface area contributed by atoms with Gasteiger partial charge in [0.15, 0.2) is 11.5 Å². The molecule has 1 aliphatic rings. The van der Waals surface area contributed by atoms with Crippen LogP contribution in [0.4, 0.5) is 5.82 Å². The Labute approximate surface area is 159 Å². The Morgan fingerprint density at radius 1 is 1.07 bits per heavy atom. The molecule has 1 unspecified atom stereocenters. The van der Waals surface area contributed by atoms with Crippen LogP contribution in [-0.2, 0) is 11.3 Å². The molecule has 0 radical (unpaired) electrons. The van der Waals surface area contributed by atoms with Gasteiger partial charge < -0.3 is 9.64 Å². The second-order valence-corrected chi connectivity index (χ2v) is 6.93. The Morgan fingerprint density at radius 3 is 2.59 bits per heavy atom. The monoisotopic (exact) mass is 366 g/mol. The number of rotatable bonds is 6. The van der Waals surface area contributed by atoms with Crippen molar-refractivity contribution in [3.8, 4) is 0 Å². The fraction of sp³-hybridized carbons (Fsp3) is 0.450. The molecule has 1 fully saturated rings. The van der Waals surface area contributed by atoms with Gasteiger partial charge in [-0.3, -0.25) is 4.90 Å². The molecule has 7 heteroatoms. The minimum atomic E-state index is 0.200. The standard InChI is InChI=1S/C20H26N6O/c1-3-17(25-11-13-27-14-12-25)20-22-21-18-9-10-19(23-26(18)20)24(2)15-16-7-5-4-6-8-16/h4-10,17H,3,11-15H2,1-2H3. The molecule has 3 heterocycles. The molecular weight excluding hydrogens is 340 g/mol. The fourth-order valence-electron chi connectivity index (χ4n) is 3.64. The number of aromatic nitrogens is 4. The van der Waals surface area contributed by atoms with Gasteiger partial charge in [-0.15, -0.1) is 15.3 Å². The second-order valence-electron chi connectivity index (χ2n) is 6.93. The summed E-state index contributed by atoms with van der Waals surface area (Å²) in [5, 5.41) is 13.7. The zero-order valence-electron chi connectivity index (χ0n) is 16.0. The van der Waals surface area contributed by atoms with Gasteiger partial charge in [-0.25, -0.2) is 0 Å². The van der Waals surface area contributed by atoms with Crippen LogP contribution in [0.2, 0.25) is 0 Å². The molecule has 0 bridgehead atoms. The zero-order chi connectivity index (χ0) is 18.6. The summed E-state index contributed by atoms with van der Waals surface area (Å²) in [5.74, 6) is 1.81. The molecule has 0 amide bonds. The van der Waals surface area contributed by atoms with Gasteiger partial charge in [-0.2, -0.15) is 4.52 Å². The van der Waals surface area contributed by atoms with E-state index in [4.69, 9.17) is 9.84 Å². The van der Waals surface area contributed by atoms with E-state index in [-0.39, 0.29) is 6.04 Å². The lowest BCUT2D eigenvalue weighted by atomic mass is 10.1. The molecular formula is C20H26N6O. The van der Waals surface area contributed by atoms with Gasteiger partial charge in [0, 0.05) is 26.7 Å². The first kappa shape index (κ1) is 17.9. The molecule has 0 aliphatic carbocycles. The first-order valence-electron chi connectivity index (χ1n) is 9.55. The quantitative estimate of drug-likeness (QED) is 0.668. The largest absolute Gasteiger partial charge is 0.379 e. The Bertz CT molecular complexity index is 875. The minimum Gasteiger partial charge on any atom is -0.379 e. The van der Waals surface area contributed by atoms with E-state index in [1.165, 1.54) is 5.56 Å². The number of anilines is 1. The molecule has 2 aromatic heterocycles. The molecule has 0 N–H and O–H groups in total. The SMILES string of the molecule is CCC(c1nnc2ccc(N(C)Cc3ccccc3)nn12)N1CCOCC1. The summed E-state index contributed by atoms with van der Waals surface area (Å²) in [6, 6.07) is 14.6. The lowest BCUT2D eigenvalue weighted by Crippen LogP contribution is -2.39. The number of hydrogen-bond acceptors (Lipinski definition) is 6. The van der Waals surface area contributed by atoms with Crippen molar-refractivity contribution in [3.63, 3.8) is 0 Å². The number of benzene rings is 1. The van der Waals surface area contributed by atoms with Crippen molar-refractivity contribution < 1.29 is 4.74 Å². The van der Waals surface area contributed by atoms with E-state index < -0.39 is 0 Å². The molecule has 1 saturated heterocycles. The van der Waals surface area contributed by atoms with Gasteiger partial charge in [-0.05, 0) is 24.1 Å². The van der Waals surface area contributed by atoms with Crippen molar-refractivity contribution in [1.29, 1.82) is 0 Å². The van der Waals surface area contributed by atoms with E-state index in [1.807, 2.05) is 22.7 Å². The van der Waals surface area contributed by atoms with Gasteiger partial charge in [0.1, 0.15) is 5.82 Å². The van der Waals surface area contributed by atoms with Crippen molar-refractivity contribution in [1.82, 2.24) is 24.7 Å². The van der Waals surface area contributed by atoms with Crippen LogP contribution in [0, 0.1) is 0 Å². The lowest BCUT2D eigenvalue weighted by molar-refractivity contribution is 0.0130. The summed E-state index contributed by atoms with van der Waals surface area (Å²) in [7, 11) is 2.06. The number of morpholine rings is 1. The maximum atomic E-state index is 5.50. The van der Waals surface area contributed by atoms with E-state index in [0.717, 1.165) is 56.6 Å². The molecule has 3 aromatic rings. The lowest BCUT2D eigenvalue weighted by Gasteiger charge is -2.32. The van der Waals surface area contributed by atoms with Crippen LogP contribution < -0.4 is 4.90 Å². The highest BCUT2D eigenvalue weighted by atomic mass is 16.5. The first-order chi connectivity index (χ1) is 13.3. The first-order valence-corrected chi connectivity index (χ1v) is 9.55. The number of ether oxygens (including phenoxy) is 1. The van der Waals surface area contributed by atoms with Gasteiger partial charge >= 0.3 is 0 Å². The average Bonchev–Trinajstić information content (AvgIpc) is 3.13. The van der Waals surface area contributed by atoms with E-state index in [0.29, 0.717) is 0 Å². The third-order valence-electron chi connectivity index (χ3n) is 5.10. The van der Waals surface area contributed by atoms with Crippen LogP contribution >= 0.6 is 0 Å². The Kier molecular flexibility index (Phi) is 5.31. The summed E-state index contributed by atoms with van der Waals surface area (Å²) in [4.78, 5) is 4.57. The molecule has 1 aromatic carbocycles. The van der Waals surface area contributed by atoms with Crippen molar-refractivity contribution in [2.24, 2.45) is 0 Å². The van der Waals surface area contributed by atoms with Crippen LogP contribution in [0.25, 0.3) is 5.65 Å². The second kappa shape index (κ2) is 8.02. The Balaban J connectivity index is 1.62. The minimum absolute atomic E-state index is 0.200. The van der Waals surface area contributed by atoms with Gasteiger partial charge in [0.25, 0.3) is 0 Å². The summed E-state index contributed by atoms with van der Waals surface area (Å²) < 4.78 is 7.40. The van der Waals surface area contributed by atoms with Gasteiger partial charge in [-0.1, -0.05) is 37.3 Å². The third kappa shape index (κ3) is 3.79. The molecule has 0 spiro atoms. The predicted molar refractivity (Wildman–Crippen MR) is 105 cm³/mol. The summed E-state index contributed by atoms with van der Waals surface area (Å²) in [6.45, 7) is 6.36. The van der Waals surface area contributed by atoms with E-state index >= 15 is 0 Å². The van der Waals surface area contributed by atoms with Crippen molar-refractivity contribution >= 4 is 11.5 Å². The predicted octanol–water partition coefficient (Wildman–Crippen LogP) is 2.54. The summed E-state index contributed by atoms with van der Waals surface area (Å²) in [5.41, 5.74) is 2.04. The number of nitrogens with zero attached hydrogens (tertiary/aromatic N) is 6. The average molecular weight is 366 g/mol. The molecule has 1 aliphatic heterocycles. The van der Waals surface area contributed by atoms with Crippen LogP contribution in [0.3, 0.4) is 0 Å². The molecule has 27 heavy (non-hydrogen) atoms. The van der Waals surface area contributed by atoms with Crippen molar-refractivity contribution in [3.05, 3.63) is 53.9 Å². The van der Waals surface area contributed by atoms with E-state index in [1.54, 1.807) is 0 Å². The van der Waals surface area contributed by atoms with Crippen LogP contribution in [-0.4, -0.2) is 58.1 Å². The van der Waals surface area contributed by atoms with Gasteiger partial charge in [0.05, 0.1) is 19.3 Å². The molecule has 7 nitrogen and oxygen atoms in total. The van der Waals surface area contributed by atoms with Gasteiger partial charge in [0.2, 0.25) is 0 Å². The van der Waals surface area contributed by atoms with Crippen molar-refractivity contribution in [2.45, 2.75) is 25.9 Å². The molecule has 142 valence electrons. The summed E-state index contributed by atoms with van der Waals surface area (Å²) >= 11 is 0. The highest BCUT2D eigenvalue weighted by Gasteiger charge is 2.26. The molecule has 4 rings (SSSR count).